The largest absolute Gasteiger partial charge is 0.312 e. The molecule has 17 heavy (non-hydrogen) atoms. The van der Waals surface area contributed by atoms with Crippen molar-refractivity contribution in [2.24, 2.45) is 0 Å². The maximum Gasteiger partial charge on any atom is 0.150 e. The zero-order chi connectivity index (χ0) is 12.7. The van der Waals surface area contributed by atoms with Gasteiger partial charge in [-0.15, -0.1) is 11.3 Å². The van der Waals surface area contributed by atoms with Crippen LogP contribution in [0.3, 0.4) is 0 Å². The molecule has 0 atom stereocenters. The quantitative estimate of drug-likeness (QED) is 0.740. The second-order valence-electron chi connectivity index (χ2n) is 3.99. The fourth-order valence-corrected chi connectivity index (χ4v) is 3.42. The topological polar surface area (TPSA) is 46.2 Å². The van der Waals surface area contributed by atoms with Gasteiger partial charge in [-0.3, -0.25) is 0 Å². The number of thiophene rings is 1. The molecule has 0 bridgehead atoms. The van der Waals surface area contributed by atoms with Crippen molar-refractivity contribution in [3.63, 3.8) is 0 Å². The second-order valence-corrected chi connectivity index (χ2v) is 7.46. The molecule has 0 radical (unpaired) electrons. The third-order valence-corrected chi connectivity index (χ3v) is 5.51. The molecule has 1 aromatic rings. The highest BCUT2D eigenvalue weighted by molar-refractivity contribution is 7.91. The van der Waals surface area contributed by atoms with E-state index in [1.807, 2.05) is 0 Å². The molecule has 0 saturated carbocycles. The molecule has 0 unspecified atom stereocenters. The van der Waals surface area contributed by atoms with Crippen LogP contribution in [0.2, 0.25) is 0 Å². The van der Waals surface area contributed by atoms with Crippen molar-refractivity contribution in [3.8, 4) is 0 Å². The van der Waals surface area contributed by atoms with Crippen molar-refractivity contribution < 1.29 is 8.42 Å². The van der Waals surface area contributed by atoms with E-state index >= 15 is 0 Å². The summed E-state index contributed by atoms with van der Waals surface area (Å²) in [4.78, 5) is 1.37. The first kappa shape index (κ1) is 14.7. The van der Waals surface area contributed by atoms with E-state index in [-0.39, 0.29) is 5.75 Å². The molecule has 0 fully saturated rings. The molecule has 0 saturated heterocycles. The van der Waals surface area contributed by atoms with Crippen LogP contribution in [0.4, 0.5) is 0 Å². The Kier molecular flexibility index (Phi) is 6.16. The Morgan fingerprint density at radius 1 is 1.35 bits per heavy atom. The number of hydrogen-bond donors (Lipinski definition) is 1. The van der Waals surface area contributed by atoms with Crippen LogP contribution in [0.1, 0.15) is 30.7 Å². The summed E-state index contributed by atoms with van der Waals surface area (Å²) in [6.07, 6.45) is 1.76. The lowest BCUT2D eigenvalue weighted by Crippen LogP contribution is -2.19. The molecule has 0 aliphatic heterocycles. The van der Waals surface area contributed by atoms with Crippen LogP contribution in [0.5, 0.6) is 0 Å². The standard InChI is InChI=1S/C12H21NO2S2/c1-3-11-6-8-16-12(11)10-13-7-5-9-17(14,15)4-2/h6,8,13H,3-5,7,9-10H2,1-2H3. The maximum absolute atomic E-state index is 11.3. The molecule has 1 rings (SSSR count). The summed E-state index contributed by atoms with van der Waals surface area (Å²) >= 11 is 1.76. The van der Waals surface area contributed by atoms with Crippen molar-refractivity contribution in [2.45, 2.75) is 33.2 Å². The third kappa shape index (κ3) is 5.19. The normalized spacial score (nSPS) is 11.9. The molecule has 5 heteroatoms. The van der Waals surface area contributed by atoms with Crippen LogP contribution in [-0.4, -0.2) is 26.5 Å². The highest BCUT2D eigenvalue weighted by atomic mass is 32.2. The first-order valence-electron chi connectivity index (χ1n) is 6.05. The van der Waals surface area contributed by atoms with Crippen molar-refractivity contribution in [1.29, 1.82) is 0 Å². The Morgan fingerprint density at radius 2 is 2.12 bits per heavy atom. The molecule has 0 aliphatic carbocycles. The summed E-state index contributed by atoms with van der Waals surface area (Å²) in [5, 5.41) is 5.41. The lowest BCUT2D eigenvalue weighted by Gasteiger charge is -2.05. The van der Waals surface area contributed by atoms with E-state index in [9.17, 15) is 8.42 Å². The number of rotatable bonds is 8. The van der Waals surface area contributed by atoms with Crippen LogP contribution in [0.15, 0.2) is 11.4 Å². The van der Waals surface area contributed by atoms with Gasteiger partial charge >= 0.3 is 0 Å². The summed E-state index contributed by atoms with van der Waals surface area (Å²) in [5.74, 6) is 0.541. The zero-order valence-electron chi connectivity index (χ0n) is 10.5. The molecule has 1 aromatic heterocycles. The van der Waals surface area contributed by atoms with Gasteiger partial charge in [0.2, 0.25) is 0 Å². The van der Waals surface area contributed by atoms with E-state index in [0.717, 1.165) is 19.5 Å². The van der Waals surface area contributed by atoms with Gasteiger partial charge in [0, 0.05) is 17.2 Å². The van der Waals surface area contributed by atoms with Crippen molar-refractivity contribution in [1.82, 2.24) is 5.32 Å². The molecular formula is C12H21NO2S2. The van der Waals surface area contributed by atoms with Crippen LogP contribution < -0.4 is 5.32 Å². The Hall–Kier alpha value is -0.390. The molecule has 1 heterocycles. The highest BCUT2D eigenvalue weighted by Gasteiger charge is 2.06. The lowest BCUT2D eigenvalue weighted by molar-refractivity contribution is 0.590. The first-order valence-corrected chi connectivity index (χ1v) is 8.75. The number of nitrogens with one attached hydrogen (secondary N) is 1. The Morgan fingerprint density at radius 3 is 2.76 bits per heavy atom. The average Bonchev–Trinajstić information content (AvgIpc) is 2.76. The van der Waals surface area contributed by atoms with Crippen LogP contribution >= 0.6 is 11.3 Å². The Labute approximate surface area is 108 Å². The Balaban J connectivity index is 2.21. The number of aryl methyl sites for hydroxylation is 1. The predicted molar refractivity (Wildman–Crippen MR) is 74.3 cm³/mol. The van der Waals surface area contributed by atoms with Gasteiger partial charge in [-0.1, -0.05) is 13.8 Å². The van der Waals surface area contributed by atoms with Gasteiger partial charge in [-0.2, -0.15) is 0 Å². The predicted octanol–water partition coefficient (Wildman–Crippen LogP) is 2.22. The molecule has 0 spiro atoms. The fraction of sp³-hybridized carbons (Fsp3) is 0.667. The maximum atomic E-state index is 11.3. The van der Waals surface area contributed by atoms with Gasteiger partial charge in [0.05, 0.1) is 5.75 Å². The highest BCUT2D eigenvalue weighted by Crippen LogP contribution is 2.16. The summed E-state index contributed by atoms with van der Waals surface area (Å²) in [5.41, 5.74) is 1.39. The molecule has 1 N–H and O–H groups in total. The minimum absolute atomic E-state index is 0.248. The summed E-state index contributed by atoms with van der Waals surface area (Å²) in [6.45, 7) is 5.47. The van der Waals surface area contributed by atoms with Gasteiger partial charge in [0.25, 0.3) is 0 Å². The van der Waals surface area contributed by atoms with E-state index in [2.05, 4.69) is 23.7 Å². The average molecular weight is 275 g/mol. The van der Waals surface area contributed by atoms with E-state index < -0.39 is 9.84 Å². The molecule has 3 nitrogen and oxygen atoms in total. The van der Waals surface area contributed by atoms with Crippen LogP contribution in [0, 0.1) is 0 Å². The van der Waals surface area contributed by atoms with Crippen molar-refractivity contribution >= 4 is 21.2 Å². The lowest BCUT2D eigenvalue weighted by atomic mass is 10.2. The van der Waals surface area contributed by atoms with E-state index in [4.69, 9.17) is 0 Å². The molecule has 0 aliphatic rings. The minimum atomic E-state index is -2.80. The smallest absolute Gasteiger partial charge is 0.150 e. The minimum Gasteiger partial charge on any atom is -0.312 e. The van der Waals surface area contributed by atoms with Gasteiger partial charge in [-0.25, -0.2) is 8.42 Å². The third-order valence-electron chi connectivity index (χ3n) is 2.75. The van der Waals surface area contributed by atoms with Gasteiger partial charge in [0.1, 0.15) is 9.84 Å². The summed E-state index contributed by atoms with van der Waals surface area (Å²) in [6, 6.07) is 2.16. The van der Waals surface area contributed by atoms with Gasteiger partial charge < -0.3 is 5.32 Å². The fourth-order valence-electron chi connectivity index (χ4n) is 1.60. The number of sulfone groups is 1. The van der Waals surface area contributed by atoms with Crippen molar-refractivity contribution in [2.75, 3.05) is 18.1 Å². The SMILES string of the molecule is CCc1ccsc1CNCCCS(=O)(=O)CC. The van der Waals surface area contributed by atoms with Gasteiger partial charge in [0.15, 0.2) is 0 Å². The van der Waals surface area contributed by atoms with E-state index in [0.29, 0.717) is 12.2 Å². The molecule has 0 amide bonds. The van der Waals surface area contributed by atoms with Crippen LogP contribution in [0.25, 0.3) is 0 Å². The zero-order valence-corrected chi connectivity index (χ0v) is 12.2. The molecule has 98 valence electrons. The van der Waals surface area contributed by atoms with Gasteiger partial charge in [-0.05, 0) is 36.4 Å². The first-order chi connectivity index (χ1) is 8.09. The van der Waals surface area contributed by atoms with Crippen LogP contribution in [-0.2, 0) is 22.8 Å². The summed E-state index contributed by atoms with van der Waals surface area (Å²) in [7, 11) is -2.80. The van der Waals surface area contributed by atoms with E-state index in [1.165, 1.54) is 10.4 Å². The summed E-state index contributed by atoms with van der Waals surface area (Å²) < 4.78 is 22.5. The Bertz CT molecular complexity index is 423. The molecule has 0 aromatic carbocycles. The van der Waals surface area contributed by atoms with Crippen molar-refractivity contribution in [3.05, 3.63) is 21.9 Å². The monoisotopic (exact) mass is 275 g/mol. The molecular weight excluding hydrogens is 254 g/mol. The van der Waals surface area contributed by atoms with E-state index in [1.54, 1.807) is 18.3 Å². The second kappa shape index (κ2) is 7.13. The number of hydrogen-bond acceptors (Lipinski definition) is 4.